The predicted octanol–water partition coefficient (Wildman–Crippen LogP) is 2.39. The fraction of sp³-hybridized carbons (Fsp3) is 0.429. The molecule has 0 amide bonds. The third-order valence-corrected chi connectivity index (χ3v) is 2.74. The van der Waals surface area contributed by atoms with Crippen LogP contribution in [-0.2, 0) is 4.74 Å². The van der Waals surface area contributed by atoms with Gasteiger partial charge in [0.1, 0.15) is 5.82 Å². The van der Waals surface area contributed by atoms with Gasteiger partial charge in [-0.2, -0.15) is 5.26 Å². The molecule has 102 valence electrons. The number of hydrogen-bond donors (Lipinski definition) is 0. The molecule has 4 nitrogen and oxygen atoms in total. The Bertz CT molecular complexity index is 483. The quantitative estimate of drug-likeness (QED) is 0.710. The first-order valence-electron chi connectivity index (χ1n) is 6.01. The fourth-order valence-corrected chi connectivity index (χ4v) is 1.81. The van der Waals surface area contributed by atoms with Crippen LogP contribution in [0.25, 0.3) is 0 Å². The van der Waals surface area contributed by atoms with Crippen LogP contribution in [0.15, 0.2) is 18.2 Å². The maximum Gasteiger partial charge on any atom is 0.161 e. The lowest BCUT2D eigenvalue weighted by Gasteiger charge is -2.25. The van der Waals surface area contributed by atoms with E-state index < -0.39 is 5.82 Å². The van der Waals surface area contributed by atoms with Crippen molar-refractivity contribution in [2.24, 2.45) is 0 Å². The summed E-state index contributed by atoms with van der Waals surface area (Å²) in [6.45, 7) is 2.90. The number of nitriles is 1. The van der Waals surface area contributed by atoms with Gasteiger partial charge in [-0.25, -0.2) is 4.39 Å². The molecule has 0 heterocycles. The van der Waals surface area contributed by atoms with Crippen molar-refractivity contribution in [3.63, 3.8) is 0 Å². The standard InChI is InChI=1S/C14H17FN2O2/c1-11(18)13-10-12(15)4-5-14(13)17(7-3-6-16)8-9-19-2/h4-5,10H,3,7-9H2,1-2H3. The van der Waals surface area contributed by atoms with E-state index in [9.17, 15) is 9.18 Å². The Morgan fingerprint density at radius 2 is 2.21 bits per heavy atom. The minimum absolute atomic E-state index is 0.200. The van der Waals surface area contributed by atoms with Crippen molar-refractivity contribution >= 4 is 11.5 Å². The highest BCUT2D eigenvalue weighted by atomic mass is 19.1. The zero-order chi connectivity index (χ0) is 14.3. The molecule has 0 spiro atoms. The maximum atomic E-state index is 13.2. The zero-order valence-electron chi connectivity index (χ0n) is 11.1. The monoisotopic (exact) mass is 264 g/mol. The summed E-state index contributed by atoms with van der Waals surface area (Å²) in [6.07, 6.45) is 0.332. The van der Waals surface area contributed by atoms with Crippen LogP contribution in [0.3, 0.4) is 0 Å². The number of benzene rings is 1. The molecule has 0 fully saturated rings. The Morgan fingerprint density at radius 3 is 2.79 bits per heavy atom. The third-order valence-electron chi connectivity index (χ3n) is 2.74. The minimum Gasteiger partial charge on any atom is -0.383 e. The van der Waals surface area contributed by atoms with Gasteiger partial charge in [0.2, 0.25) is 0 Å². The van der Waals surface area contributed by atoms with Crippen molar-refractivity contribution in [2.75, 3.05) is 31.7 Å². The van der Waals surface area contributed by atoms with E-state index >= 15 is 0 Å². The number of rotatable bonds is 7. The molecule has 1 aromatic rings. The van der Waals surface area contributed by atoms with Crippen LogP contribution in [0.5, 0.6) is 0 Å². The van der Waals surface area contributed by atoms with Crippen molar-refractivity contribution in [3.05, 3.63) is 29.6 Å². The summed E-state index contributed by atoms with van der Waals surface area (Å²) < 4.78 is 18.2. The fourth-order valence-electron chi connectivity index (χ4n) is 1.81. The summed E-state index contributed by atoms with van der Waals surface area (Å²) in [4.78, 5) is 13.4. The lowest BCUT2D eigenvalue weighted by Crippen LogP contribution is -2.29. The maximum absolute atomic E-state index is 13.2. The molecule has 0 bridgehead atoms. The normalized spacial score (nSPS) is 10.0. The molecular weight excluding hydrogens is 247 g/mol. The van der Waals surface area contributed by atoms with Gasteiger partial charge in [0.25, 0.3) is 0 Å². The average molecular weight is 264 g/mol. The molecule has 19 heavy (non-hydrogen) atoms. The van der Waals surface area contributed by atoms with Crippen LogP contribution in [0.2, 0.25) is 0 Å². The number of ether oxygens (including phenoxy) is 1. The van der Waals surface area contributed by atoms with E-state index in [1.807, 2.05) is 4.90 Å². The molecule has 0 N–H and O–H groups in total. The van der Waals surface area contributed by atoms with Crippen molar-refractivity contribution in [3.8, 4) is 6.07 Å². The van der Waals surface area contributed by atoms with E-state index in [2.05, 4.69) is 6.07 Å². The van der Waals surface area contributed by atoms with E-state index in [-0.39, 0.29) is 5.78 Å². The third kappa shape index (κ3) is 4.34. The lowest BCUT2D eigenvalue weighted by atomic mass is 10.1. The number of nitrogens with zero attached hydrogens (tertiary/aromatic N) is 2. The summed E-state index contributed by atoms with van der Waals surface area (Å²) in [5, 5.41) is 8.68. The first-order valence-corrected chi connectivity index (χ1v) is 6.01. The number of ketones is 1. The first kappa shape index (κ1) is 15.1. The first-order chi connectivity index (χ1) is 9.10. The number of carbonyl (C=O) groups excluding carboxylic acids is 1. The Balaban J connectivity index is 3.06. The molecule has 0 atom stereocenters. The topological polar surface area (TPSA) is 53.3 Å². The summed E-state index contributed by atoms with van der Waals surface area (Å²) in [6, 6.07) is 6.17. The highest BCUT2D eigenvalue weighted by Gasteiger charge is 2.14. The van der Waals surface area contributed by atoms with Gasteiger partial charge in [-0.15, -0.1) is 0 Å². The number of halogens is 1. The summed E-state index contributed by atoms with van der Waals surface area (Å²) in [7, 11) is 1.58. The van der Waals surface area contributed by atoms with Gasteiger partial charge in [-0.3, -0.25) is 4.79 Å². The van der Waals surface area contributed by atoms with Gasteiger partial charge in [0, 0.05) is 31.5 Å². The van der Waals surface area contributed by atoms with Crippen molar-refractivity contribution < 1.29 is 13.9 Å². The molecule has 0 radical (unpaired) electrons. The van der Waals surface area contributed by atoms with Crippen molar-refractivity contribution in [1.29, 1.82) is 5.26 Å². The number of hydrogen-bond acceptors (Lipinski definition) is 4. The van der Waals surface area contributed by atoms with Crippen LogP contribution in [-0.4, -0.2) is 32.6 Å². The number of methoxy groups -OCH3 is 1. The van der Waals surface area contributed by atoms with Crippen molar-refractivity contribution in [2.45, 2.75) is 13.3 Å². The van der Waals surface area contributed by atoms with Crippen LogP contribution >= 0.6 is 0 Å². The summed E-state index contributed by atoms with van der Waals surface area (Å²) >= 11 is 0. The van der Waals surface area contributed by atoms with E-state index in [1.165, 1.54) is 19.1 Å². The number of carbonyl (C=O) groups is 1. The minimum atomic E-state index is -0.444. The van der Waals surface area contributed by atoms with Gasteiger partial charge < -0.3 is 9.64 Å². The lowest BCUT2D eigenvalue weighted by molar-refractivity contribution is 0.101. The Hall–Kier alpha value is -1.93. The van der Waals surface area contributed by atoms with Crippen LogP contribution < -0.4 is 4.90 Å². The van der Waals surface area contributed by atoms with Gasteiger partial charge in [0.05, 0.1) is 19.1 Å². The molecule has 0 aliphatic carbocycles. The Morgan fingerprint density at radius 1 is 1.47 bits per heavy atom. The highest BCUT2D eigenvalue weighted by molar-refractivity contribution is 5.99. The Labute approximate surface area is 112 Å². The van der Waals surface area contributed by atoms with Gasteiger partial charge in [0.15, 0.2) is 5.78 Å². The average Bonchev–Trinajstić information content (AvgIpc) is 2.39. The van der Waals surface area contributed by atoms with E-state index in [4.69, 9.17) is 10.00 Å². The number of Topliss-reactive ketones (excluding diaryl/α,β-unsaturated/α-hetero) is 1. The zero-order valence-corrected chi connectivity index (χ0v) is 11.1. The second kappa shape index (κ2) is 7.49. The molecule has 0 saturated heterocycles. The van der Waals surface area contributed by atoms with E-state index in [1.54, 1.807) is 13.2 Å². The molecule has 0 aliphatic heterocycles. The Kier molecular flexibility index (Phi) is 5.97. The second-order valence-electron chi connectivity index (χ2n) is 4.11. The summed E-state index contributed by atoms with van der Waals surface area (Å²) in [5.41, 5.74) is 0.968. The van der Waals surface area contributed by atoms with Crippen LogP contribution in [0, 0.1) is 17.1 Å². The van der Waals surface area contributed by atoms with Gasteiger partial charge in [-0.1, -0.05) is 0 Å². The molecule has 1 rings (SSSR count). The molecule has 0 saturated carbocycles. The van der Waals surface area contributed by atoms with Crippen molar-refractivity contribution in [1.82, 2.24) is 0 Å². The molecule has 1 aromatic carbocycles. The molecular formula is C14H17FN2O2. The molecule has 0 aliphatic rings. The number of anilines is 1. The second-order valence-corrected chi connectivity index (χ2v) is 4.11. The summed E-state index contributed by atoms with van der Waals surface area (Å²) in [5.74, 6) is -0.644. The largest absolute Gasteiger partial charge is 0.383 e. The van der Waals surface area contributed by atoms with Crippen LogP contribution in [0.1, 0.15) is 23.7 Å². The molecule has 0 unspecified atom stereocenters. The van der Waals surface area contributed by atoms with E-state index in [0.717, 1.165) is 0 Å². The predicted molar refractivity (Wildman–Crippen MR) is 70.7 cm³/mol. The van der Waals surface area contributed by atoms with Gasteiger partial charge in [-0.05, 0) is 25.1 Å². The SMILES string of the molecule is COCCN(CCC#N)c1ccc(F)cc1C(C)=O. The molecule has 0 aromatic heterocycles. The highest BCUT2D eigenvalue weighted by Crippen LogP contribution is 2.22. The molecule has 5 heteroatoms. The van der Waals surface area contributed by atoms with Crippen LogP contribution in [0.4, 0.5) is 10.1 Å². The van der Waals surface area contributed by atoms with E-state index in [0.29, 0.717) is 37.4 Å². The van der Waals surface area contributed by atoms with Gasteiger partial charge >= 0.3 is 0 Å². The smallest absolute Gasteiger partial charge is 0.161 e.